The first-order chi connectivity index (χ1) is 7.43. The summed E-state index contributed by atoms with van der Waals surface area (Å²) in [6.07, 6.45) is 1.47. The molecule has 0 saturated carbocycles. The number of benzene rings is 2. The highest BCUT2D eigenvalue weighted by molar-refractivity contribution is 5.79. The lowest BCUT2D eigenvalue weighted by molar-refractivity contribution is 0.602. The first kappa shape index (κ1) is 8.24. The van der Waals surface area contributed by atoms with Gasteiger partial charge in [-0.3, -0.25) is 0 Å². The van der Waals surface area contributed by atoms with Crippen LogP contribution in [0, 0.1) is 0 Å². The van der Waals surface area contributed by atoms with Crippen molar-refractivity contribution in [3.8, 4) is 11.1 Å². The van der Waals surface area contributed by atoms with Gasteiger partial charge in [0.25, 0.3) is 0 Å². The van der Waals surface area contributed by atoms with E-state index in [1.165, 1.54) is 12.0 Å². The second-order valence-corrected chi connectivity index (χ2v) is 3.40. The van der Waals surface area contributed by atoms with E-state index in [-0.39, 0.29) is 0 Å². The van der Waals surface area contributed by atoms with Crippen molar-refractivity contribution in [2.45, 2.75) is 0 Å². The van der Waals surface area contributed by atoms with Crippen LogP contribution in [0.15, 0.2) is 59.3 Å². The van der Waals surface area contributed by atoms with E-state index in [2.05, 4.69) is 23.2 Å². The van der Waals surface area contributed by atoms with Crippen LogP contribution in [0.1, 0.15) is 0 Å². The van der Waals surface area contributed by atoms with Crippen LogP contribution in [-0.4, -0.2) is 4.98 Å². The molecule has 3 rings (SSSR count). The van der Waals surface area contributed by atoms with Gasteiger partial charge in [0, 0.05) is 0 Å². The molecule has 0 spiro atoms. The molecule has 2 heteroatoms. The highest BCUT2D eigenvalue weighted by Gasteiger charge is 2.01. The molecule has 0 saturated heterocycles. The molecule has 1 aromatic heterocycles. The Bertz CT molecular complexity index is 584. The van der Waals surface area contributed by atoms with Gasteiger partial charge in [0.2, 0.25) is 0 Å². The van der Waals surface area contributed by atoms with Crippen LogP contribution >= 0.6 is 0 Å². The molecule has 0 fully saturated rings. The van der Waals surface area contributed by atoms with Gasteiger partial charge in [0.1, 0.15) is 5.52 Å². The van der Waals surface area contributed by atoms with Crippen molar-refractivity contribution in [3.63, 3.8) is 0 Å². The predicted octanol–water partition coefficient (Wildman–Crippen LogP) is 3.49. The fraction of sp³-hybridized carbons (Fsp3) is 0. The average Bonchev–Trinajstić information content (AvgIpc) is 2.77. The summed E-state index contributed by atoms with van der Waals surface area (Å²) in [5, 5.41) is 0. The molecule has 0 radical (unpaired) electrons. The Hall–Kier alpha value is -2.09. The number of hydrogen-bond donors (Lipinski definition) is 0. The minimum absolute atomic E-state index is 0.830. The SMILES string of the molecule is c1ccc(-c2ccc3ncoc3c2)cc1. The van der Waals surface area contributed by atoms with E-state index in [0.717, 1.165) is 16.7 Å². The van der Waals surface area contributed by atoms with Gasteiger partial charge in [0.15, 0.2) is 12.0 Å². The Kier molecular flexibility index (Phi) is 1.78. The molecule has 0 atom stereocenters. The molecule has 0 aliphatic heterocycles. The third-order valence-electron chi connectivity index (χ3n) is 2.44. The lowest BCUT2D eigenvalue weighted by Gasteiger charge is -1.99. The lowest BCUT2D eigenvalue weighted by atomic mass is 10.1. The molecule has 0 aliphatic rings. The molecule has 2 aromatic carbocycles. The zero-order valence-corrected chi connectivity index (χ0v) is 8.05. The molecule has 72 valence electrons. The number of hydrogen-bond acceptors (Lipinski definition) is 2. The van der Waals surface area contributed by atoms with E-state index in [1.807, 2.05) is 30.3 Å². The van der Waals surface area contributed by atoms with Gasteiger partial charge in [-0.25, -0.2) is 4.98 Å². The summed E-state index contributed by atoms with van der Waals surface area (Å²) in [4.78, 5) is 4.09. The average molecular weight is 195 g/mol. The minimum atomic E-state index is 0.830. The van der Waals surface area contributed by atoms with Crippen molar-refractivity contribution in [2.24, 2.45) is 0 Å². The van der Waals surface area contributed by atoms with Crippen LogP contribution in [0.25, 0.3) is 22.2 Å². The molecule has 0 bridgehead atoms. The molecule has 0 unspecified atom stereocenters. The highest BCUT2D eigenvalue weighted by Crippen LogP contribution is 2.23. The Morgan fingerprint density at radius 2 is 1.73 bits per heavy atom. The molecule has 2 nitrogen and oxygen atoms in total. The van der Waals surface area contributed by atoms with E-state index in [1.54, 1.807) is 0 Å². The Balaban J connectivity index is 2.19. The molecular formula is C13H9NO. The third-order valence-corrected chi connectivity index (χ3v) is 2.44. The Labute approximate surface area is 87.2 Å². The second-order valence-electron chi connectivity index (χ2n) is 3.40. The standard InChI is InChI=1S/C13H9NO/c1-2-4-10(5-3-1)11-6-7-12-13(8-11)15-9-14-12/h1-9H. The van der Waals surface area contributed by atoms with Crippen LogP contribution in [0.5, 0.6) is 0 Å². The Morgan fingerprint density at radius 3 is 2.60 bits per heavy atom. The monoisotopic (exact) mass is 195 g/mol. The van der Waals surface area contributed by atoms with E-state index in [4.69, 9.17) is 4.42 Å². The maximum absolute atomic E-state index is 5.27. The van der Waals surface area contributed by atoms with E-state index in [0.29, 0.717) is 0 Å². The van der Waals surface area contributed by atoms with Crippen molar-refractivity contribution >= 4 is 11.1 Å². The van der Waals surface area contributed by atoms with Crippen LogP contribution in [-0.2, 0) is 0 Å². The topological polar surface area (TPSA) is 26.0 Å². The van der Waals surface area contributed by atoms with Crippen LogP contribution in [0.2, 0.25) is 0 Å². The Morgan fingerprint density at radius 1 is 0.867 bits per heavy atom. The van der Waals surface area contributed by atoms with Crippen molar-refractivity contribution in [1.82, 2.24) is 4.98 Å². The van der Waals surface area contributed by atoms with Gasteiger partial charge in [0.05, 0.1) is 0 Å². The van der Waals surface area contributed by atoms with Gasteiger partial charge >= 0.3 is 0 Å². The van der Waals surface area contributed by atoms with Crippen LogP contribution < -0.4 is 0 Å². The molecule has 15 heavy (non-hydrogen) atoms. The molecule has 1 heterocycles. The fourth-order valence-electron chi connectivity index (χ4n) is 1.67. The van der Waals surface area contributed by atoms with Gasteiger partial charge in [-0.1, -0.05) is 36.4 Å². The summed E-state index contributed by atoms with van der Waals surface area (Å²) in [7, 11) is 0. The minimum Gasteiger partial charge on any atom is -0.443 e. The maximum Gasteiger partial charge on any atom is 0.181 e. The zero-order valence-electron chi connectivity index (χ0n) is 8.05. The summed E-state index contributed by atoms with van der Waals surface area (Å²) in [5.74, 6) is 0. The van der Waals surface area contributed by atoms with Crippen LogP contribution in [0.3, 0.4) is 0 Å². The highest BCUT2D eigenvalue weighted by atomic mass is 16.3. The largest absolute Gasteiger partial charge is 0.443 e. The zero-order chi connectivity index (χ0) is 10.1. The van der Waals surface area contributed by atoms with Gasteiger partial charge in [-0.05, 0) is 23.3 Å². The van der Waals surface area contributed by atoms with Crippen LogP contribution in [0.4, 0.5) is 0 Å². The molecule has 0 aliphatic carbocycles. The first-order valence-electron chi connectivity index (χ1n) is 4.82. The van der Waals surface area contributed by atoms with Crippen molar-refractivity contribution in [1.29, 1.82) is 0 Å². The van der Waals surface area contributed by atoms with Gasteiger partial charge < -0.3 is 4.42 Å². The summed E-state index contributed by atoms with van der Waals surface area (Å²) in [6.45, 7) is 0. The number of rotatable bonds is 1. The molecule has 0 amide bonds. The fourth-order valence-corrected chi connectivity index (χ4v) is 1.67. The summed E-state index contributed by atoms with van der Waals surface area (Å²) in [6, 6.07) is 16.3. The summed E-state index contributed by atoms with van der Waals surface area (Å²) >= 11 is 0. The summed E-state index contributed by atoms with van der Waals surface area (Å²) < 4.78 is 5.27. The molecular weight excluding hydrogens is 186 g/mol. The number of nitrogens with zero attached hydrogens (tertiary/aromatic N) is 1. The van der Waals surface area contributed by atoms with E-state index < -0.39 is 0 Å². The molecule has 0 N–H and O–H groups in total. The molecule has 3 aromatic rings. The van der Waals surface area contributed by atoms with Gasteiger partial charge in [-0.15, -0.1) is 0 Å². The van der Waals surface area contributed by atoms with E-state index in [9.17, 15) is 0 Å². The summed E-state index contributed by atoms with van der Waals surface area (Å²) in [5.41, 5.74) is 4.07. The number of fused-ring (bicyclic) bond motifs is 1. The quantitative estimate of drug-likeness (QED) is 0.594. The first-order valence-corrected chi connectivity index (χ1v) is 4.82. The predicted molar refractivity (Wildman–Crippen MR) is 59.4 cm³/mol. The normalized spacial score (nSPS) is 10.7. The van der Waals surface area contributed by atoms with Gasteiger partial charge in [-0.2, -0.15) is 0 Å². The number of aromatic nitrogens is 1. The van der Waals surface area contributed by atoms with E-state index >= 15 is 0 Å². The van der Waals surface area contributed by atoms with Crippen molar-refractivity contribution in [3.05, 3.63) is 54.9 Å². The maximum atomic E-state index is 5.27. The van der Waals surface area contributed by atoms with Crippen molar-refractivity contribution < 1.29 is 4.42 Å². The van der Waals surface area contributed by atoms with Crippen molar-refractivity contribution in [2.75, 3.05) is 0 Å². The smallest absolute Gasteiger partial charge is 0.181 e. The second kappa shape index (κ2) is 3.24. The lowest BCUT2D eigenvalue weighted by Crippen LogP contribution is -1.76. The number of oxazole rings is 1. The third kappa shape index (κ3) is 1.40.